The van der Waals surface area contributed by atoms with E-state index in [1.165, 1.54) is 6.20 Å². The maximum Gasteiger partial charge on any atom is 0.255 e. The Morgan fingerprint density at radius 3 is 2.70 bits per heavy atom. The molecule has 0 aliphatic carbocycles. The monoisotopic (exact) mass is 469 g/mol. The molecule has 0 radical (unpaired) electrons. The highest BCUT2D eigenvalue weighted by Gasteiger charge is 2.23. The predicted octanol–water partition coefficient (Wildman–Crippen LogP) is 3.12. The molecule has 3 N–H and O–H groups in total. The molecule has 1 atom stereocenters. The summed E-state index contributed by atoms with van der Waals surface area (Å²) in [6.45, 7) is 4.21. The molecule has 33 heavy (non-hydrogen) atoms. The number of likely N-dealkylation sites (tertiary alicyclic amines) is 1. The van der Waals surface area contributed by atoms with Crippen LogP contribution in [0.25, 0.3) is 10.8 Å². The van der Waals surface area contributed by atoms with Crippen molar-refractivity contribution in [3.63, 3.8) is 0 Å². The maximum absolute atomic E-state index is 12.6. The summed E-state index contributed by atoms with van der Waals surface area (Å²) in [5, 5.41) is 15.0. The summed E-state index contributed by atoms with van der Waals surface area (Å²) in [6, 6.07) is 12.6. The fourth-order valence-electron chi connectivity index (χ4n) is 4.20. The number of rotatable bonds is 7. The number of hydrogen-bond acceptors (Lipinski definition) is 5. The third-order valence-corrected chi connectivity index (χ3v) is 6.22. The summed E-state index contributed by atoms with van der Waals surface area (Å²) in [5.74, 6) is 0.530. The Balaban J connectivity index is 1.25. The van der Waals surface area contributed by atoms with Gasteiger partial charge in [0, 0.05) is 48.2 Å². The zero-order valence-corrected chi connectivity index (χ0v) is 19.3. The summed E-state index contributed by atoms with van der Waals surface area (Å²) < 4.78 is 6.14. The van der Waals surface area contributed by atoms with Crippen molar-refractivity contribution < 1.29 is 14.6 Å². The summed E-state index contributed by atoms with van der Waals surface area (Å²) in [7, 11) is 0. The quantitative estimate of drug-likeness (QED) is 0.494. The van der Waals surface area contributed by atoms with E-state index in [1.807, 2.05) is 25.1 Å². The third-order valence-electron chi connectivity index (χ3n) is 5.99. The van der Waals surface area contributed by atoms with Crippen LogP contribution in [0.5, 0.6) is 5.75 Å². The highest BCUT2D eigenvalue weighted by molar-refractivity contribution is 6.30. The van der Waals surface area contributed by atoms with Gasteiger partial charge in [0.25, 0.3) is 11.5 Å². The second-order valence-electron chi connectivity index (χ2n) is 8.47. The Kier molecular flexibility index (Phi) is 7.33. The highest BCUT2D eigenvalue weighted by Crippen LogP contribution is 2.25. The molecule has 1 aliphatic rings. The second-order valence-corrected chi connectivity index (χ2v) is 8.90. The Morgan fingerprint density at radius 1 is 1.24 bits per heavy atom. The number of carbonyl (C=O) groups excluding carboxylic acids is 1. The number of aliphatic hydroxyl groups excluding tert-OH is 1. The molecule has 1 amide bonds. The second kappa shape index (κ2) is 10.4. The number of carbonyl (C=O) groups is 1. The van der Waals surface area contributed by atoms with Gasteiger partial charge in [-0.05, 0) is 49.6 Å². The van der Waals surface area contributed by atoms with E-state index in [2.05, 4.69) is 15.2 Å². The van der Waals surface area contributed by atoms with Crippen LogP contribution in [-0.4, -0.2) is 59.3 Å². The minimum absolute atomic E-state index is 0.131. The number of aliphatic hydroxyl groups is 1. The highest BCUT2D eigenvalue weighted by atomic mass is 35.5. The Hall–Kier alpha value is -2.87. The first-order valence-electron chi connectivity index (χ1n) is 11.1. The lowest BCUT2D eigenvalue weighted by Gasteiger charge is -2.33. The van der Waals surface area contributed by atoms with Crippen LogP contribution >= 0.6 is 11.6 Å². The Labute approximate surface area is 197 Å². The van der Waals surface area contributed by atoms with E-state index in [0.29, 0.717) is 27.9 Å². The molecule has 2 aromatic carbocycles. The fraction of sp³-hybridized carbons (Fsp3) is 0.360. The molecule has 8 heteroatoms. The number of H-pyrrole nitrogens is 1. The van der Waals surface area contributed by atoms with Gasteiger partial charge in [-0.1, -0.05) is 29.8 Å². The van der Waals surface area contributed by atoms with Gasteiger partial charge in [-0.25, -0.2) is 0 Å². The topological polar surface area (TPSA) is 94.7 Å². The van der Waals surface area contributed by atoms with E-state index >= 15 is 0 Å². The number of pyridine rings is 1. The summed E-state index contributed by atoms with van der Waals surface area (Å²) in [4.78, 5) is 29.4. The number of halogens is 1. The smallest absolute Gasteiger partial charge is 0.255 e. The zero-order valence-electron chi connectivity index (χ0n) is 18.5. The lowest BCUT2D eigenvalue weighted by molar-refractivity contribution is 0.0592. The van der Waals surface area contributed by atoms with Crippen LogP contribution in [0.2, 0.25) is 5.02 Å². The largest absolute Gasteiger partial charge is 0.490 e. The molecule has 1 aromatic heterocycles. The average molecular weight is 470 g/mol. The molecule has 1 saturated heterocycles. The van der Waals surface area contributed by atoms with Crippen LogP contribution in [0.3, 0.4) is 0 Å². The lowest BCUT2D eigenvalue weighted by Crippen LogP contribution is -2.45. The number of nitrogens with one attached hydrogen (secondary N) is 2. The van der Waals surface area contributed by atoms with Crippen LogP contribution in [0.4, 0.5) is 0 Å². The minimum Gasteiger partial charge on any atom is -0.490 e. The summed E-state index contributed by atoms with van der Waals surface area (Å²) in [6.07, 6.45) is 2.58. The SMILES string of the molecule is Cc1cc(Cl)ccc1OC1CCN(C[C@@H](O)CNC(=O)c2c[nH]c(=O)c3ccccc23)CC1. The molecule has 2 heterocycles. The minimum atomic E-state index is -0.695. The van der Waals surface area contributed by atoms with E-state index in [1.54, 1.807) is 24.3 Å². The number of β-amino-alcohol motifs (C(OH)–C–C–N with tert-alkyl or cyclic N) is 1. The number of aryl methyl sites for hydroxylation is 1. The van der Waals surface area contributed by atoms with Crippen LogP contribution in [0, 0.1) is 6.92 Å². The van der Waals surface area contributed by atoms with Crippen molar-refractivity contribution in [3.05, 3.63) is 75.2 Å². The molecular formula is C25H28ClN3O4. The predicted molar refractivity (Wildman–Crippen MR) is 129 cm³/mol. The van der Waals surface area contributed by atoms with Crippen LogP contribution < -0.4 is 15.6 Å². The average Bonchev–Trinajstić information content (AvgIpc) is 2.81. The molecule has 0 bridgehead atoms. The first-order valence-corrected chi connectivity index (χ1v) is 11.5. The zero-order chi connectivity index (χ0) is 23.4. The fourth-order valence-corrected chi connectivity index (χ4v) is 4.43. The maximum atomic E-state index is 12.6. The molecule has 1 fully saturated rings. The number of benzene rings is 2. The van der Waals surface area contributed by atoms with Gasteiger partial charge in [-0.2, -0.15) is 0 Å². The molecule has 7 nitrogen and oxygen atoms in total. The van der Waals surface area contributed by atoms with Crippen LogP contribution in [0.1, 0.15) is 28.8 Å². The third kappa shape index (κ3) is 5.74. The van der Waals surface area contributed by atoms with Crippen molar-refractivity contribution >= 4 is 28.3 Å². The lowest BCUT2D eigenvalue weighted by atomic mass is 10.1. The van der Waals surface area contributed by atoms with Gasteiger partial charge in [-0.15, -0.1) is 0 Å². The number of amides is 1. The summed E-state index contributed by atoms with van der Waals surface area (Å²) in [5.41, 5.74) is 1.17. The van der Waals surface area contributed by atoms with Gasteiger partial charge < -0.3 is 25.0 Å². The standard InChI is InChI=1S/C25H28ClN3O4/c1-16-12-17(26)6-7-23(16)33-19-8-10-29(11-9-19)15-18(30)13-27-25(32)22-14-28-24(31)21-5-3-2-4-20(21)22/h2-7,12,14,18-19,30H,8-11,13,15H2,1H3,(H,27,32)(H,28,31)/t18-/m0/s1. The summed E-state index contributed by atoms with van der Waals surface area (Å²) >= 11 is 6.01. The van der Waals surface area contributed by atoms with Gasteiger partial charge >= 0.3 is 0 Å². The van der Waals surface area contributed by atoms with E-state index < -0.39 is 6.10 Å². The van der Waals surface area contributed by atoms with Crippen LogP contribution in [-0.2, 0) is 0 Å². The van der Waals surface area contributed by atoms with Gasteiger partial charge in [0.1, 0.15) is 11.9 Å². The van der Waals surface area contributed by atoms with Gasteiger partial charge in [-0.3, -0.25) is 9.59 Å². The van der Waals surface area contributed by atoms with E-state index in [9.17, 15) is 14.7 Å². The molecule has 174 valence electrons. The molecule has 4 rings (SSSR count). The van der Waals surface area contributed by atoms with Crippen molar-refractivity contribution in [3.8, 4) is 5.75 Å². The Morgan fingerprint density at radius 2 is 1.97 bits per heavy atom. The van der Waals surface area contributed by atoms with Crippen molar-refractivity contribution in [2.24, 2.45) is 0 Å². The van der Waals surface area contributed by atoms with Gasteiger partial charge in [0.05, 0.1) is 11.7 Å². The normalized spacial score (nSPS) is 16.0. The van der Waals surface area contributed by atoms with E-state index in [-0.39, 0.29) is 24.1 Å². The van der Waals surface area contributed by atoms with Gasteiger partial charge in [0.2, 0.25) is 0 Å². The number of ether oxygens (including phenoxy) is 1. The number of piperidine rings is 1. The van der Waals surface area contributed by atoms with E-state index in [0.717, 1.165) is 37.2 Å². The van der Waals surface area contributed by atoms with Gasteiger partial charge in [0.15, 0.2) is 0 Å². The van der Waals surface area contributed by atoms with Crippen molar-refractivity contribution in [2.75, 3.05) is 26.2 Å². The number of fused-ring (bicyclic) bond motifs is 1. The Bertz CT molecular complexity index is 1190. The van der Waals surface area contributed by atoms with Crippen molar-refractivity contribution in [2.45, 2.75) is 32.0 Å². The first-order chi connectivity index (χ1) is 15.9. The number of aromatic amines is 1. The van der Waals surface area contributed by atoms with Crippen LogP contribution in [0.15, 0.2) is 53.5 Å². The number of aromatic nitrogens is 1. The number of nitrogens with zero attached hydrogens (tertiary/aromatic N) is 1. The molecule has 3 aromatic rings. The number of hydrogen-bond donors (Lipinski definition) is 3. The molecule has 1 aliphatic heterocycles. The van der Waals surface area contributed by atoms with Crippen molar-refractivity contribution in [1.29, 1.82) is 0 Å². The molecule has 0 spiro atoms. The molecular weight excluding hydrogens is 442 g/mol. The molecule has 0 unspecified atom stereocenters. The van der Waals surface area contributed by atoms with E-state index in [4.69, 9.17) is 16.3 Å². The van der Waals surface area contributed by atoms with Crippen molar-refractivity contribution in [1.82, 2.24) is 15.2 Å². The molecule has 0 saturated carbocycles. The first kappa shape index (κ1) is 23.3.